The molecule has 7 heteroatoms. The first-order valence-electron chi connectivity index (χ1n) is 6.19. The molecule has 0 aliphatic carbocycles. The minimum Gasteiger partial charge on any atom is -0.483 e. The number of amidine groups is 1. The fraction of sp³-hybridized carbons (Fsp3) is 0.143. The highest BCUT2D eigenvalue weighted by atomic mass is 16.5. The smallest absolute Gasteiger partial charge is 0.258 e. The number of carbonyl (C=O) groups excluding carboxylic acids is 1. The van der Waals surface area contributed by atoms with Gasteiger partial charge in [-0.3, -0.25) is 4.79 Å². The van der Waals surface area contributed by atoms with E-state index in [1.807, 2.05) is 0 Å². The Kier molecular flexibility index (Phi) is 4.81. The average Bonchev–Trinajstić information content (AvgIpc) is 3.04. The van der Waals surface area contributed by atoms with Crippen LogP contribution in [0.1, 0.15) is 11.3 Å². The summed E-state index contributed by atoms with van der Waals surface area (Å²) < 4.78 is 10.5. The summed E-state index contributed by atoms with van der Waals surface area (Å²) in [6, 6.07) is 10.2. The fourth-order valence-electron chi connectivity index (χ4n) is 1.65. The molecule has 1 aromatic carbocycles. The third kappa shape index (κ3) is 4.00. The number of nitrogens with one attached hydrogen (secondary N) is 1. The SMILES string of the molecule is N/C(=N\O)c1ccccc1OCC(=O)NCc1ccco1. The third-order valence-electron chi connectivity index (χ3n) is 2.67. The summed E-state index contributed by atoms with van der Waals surface area (Å²) in [5.74, 6) is 0.628. The Labute approximate surface area is 121 Å². The number of nitrogens with two attached hydrogens (primary N) is 1. The second kappa shape index (κ2) is 6.99. The van der Waals surface area contributed by atoms with Gasteiger partial charge < -0.3 is 25.4 Å². The van der Waals surface area contributed by atoms with E-state index in [0.717, 1.165) is 0 Å². The zero-order valence-corrected chi connectivity index (χ0v) is 11.2. The van der Waals surface area contributed by atoms with E-state index in [9.17, 15) is 4.79 Å². The predicted octanol–water partition coefficient (Wildman–Crippen LogP) is 1.07. The lowest BCUT2D eigenvalue weighted by atomic mass is 10.2. The number of rotatable bonds is 6. The number of furan rings is 1. The number of oxime groups is 1. The molecular formula is C14H15N3O4. The molecule has 0 atom stereocenters. The summed E-state index contributed by atoms with van der Waals surface area (Å²) in [7, 11) is 0. The molecule has 2 rings (SSSR count). The van der Waals surface area contributed by atoms with Crippen molar-refractivity contribution in [2.24, 2.45) is 10.9 Å². The van der Waals surface area contributed by atoms with E-state index in [0.29, 0.717) is 17.1 Å². The molecule has 7 nitrogen and oxygen atoms in total. The monoisotopic (exact) mass is 289 g/mol. The zero-order valence-electron chi connectivity index (χ0n) is 11.2. The van der Waals surface area contributed by atoms with E-state index in [2.05, 4.69) is 10.5 Å². The Balaban J connectivity index is 1.89. The minimum absolute atomic E-state index is 0.0819. The van der Waals surface area contributed by atoms with Gasteiger partial charge >= 0.3 is 0 Å². The van der Waals surface area contributed by atoms with Crippen LogP contribution >= 0.6 is 0 Å². The maximum absolute atomic E-state index is 11.7. The molecular weight excluding hydrogens is 274 g/mol. The standard InChI is InChI=1S/C14H15N3O4/c15-14(17-19)11-5-1-2-6-12(11)21-9-13(18)16-8-10-4-3-7-20-10/h1-7,19H,8-9H2,(H2,15,17)(H,16,18). The highest BCUT2D eigenvalue weighted by Gasteiger charge is 2.09. The summed E-state index contributed by atoms with van der Waals surface area (Å²) in [5.41, 5.74) is 5.95. The summed E-state index contributed by atoms with van der Waals surface area (Å²) >= 11 is 0. The van der Waals surface area contributed by atoms with Crippen molar-refractivity contribution in [3.8, 4) is 5.75 Å². The minimum atomic E-state index is -0.305. The quantitative estimate of drug-likeness (QED) is 0.319. The molecule has 0 bridgehead atoms. The van der Waals surface area contributed by atoms with E-state index in [1.165, 1.54) is 6.26 Å². The molecule has 0 aliphatic heterocycles. The van der Waals surface area contributed by atoms with Crippen molar-refractivity contribution >= 4 is 11.7 Å². The molecule has 2 aromatic rings. The first-order chi connectivity index (χ1) is 10.2. The number of benzene rings is 1. The van der Waals surface area contributed by atoms with Gasteiger partial charge in [-0.25, -0.2) is 0 Å². The molecule has 0 radical (unpaired) electrons. The van der Waals surface area contributed by atoms with Crippen LogP contribution in [0.3, 0.4) is 0 Å². The lowest BCUT2D eigenvalue weighted by molar-refractivity contribution is -0.123. The molecule has 21 heavy (non-hydrogen) atoms. The van der Waals surface area contributed by atoms with Gasteiger partial charge in [-0.05, 0) is 24.3 Å². The molecule has 110 valence electrons. The highest BCUT2D eigenvalue weighted by Crippen LogP contribution is 2.17. The molecule has 0 saturated carbocycles. The molecule has 0 aliphatic rings. The number of amides is 1. The molecule has 0 saturated heterocycles. The molecule has 4 N–H and O–H groups in total. The number of ether oxygens (including phenoxy) is 1. The van der Waals surface area contributed by atoms with Crippen LogP contribution in [0.2, 0.25) is 0 Å². The molecule has 1 amide bonds. The second-order valence-corrected chi connectivity index (χ2v) is 4.13. The molecule has 0 unspecified atom stereocenters. The second-order valence-electron chi connectivity index (χ2n) is 4.13. The first-order valence-corrected chi connectivity index (χ1v) is 6.19. The van der Waals surface area contributed by atoms with Crippen LogP contribution in [-0.4, -0.2) is 23.6 Å². The molecule has 1 heterocycles. The van der Waals surface area contributed by atoms with E-state index in [1.54, 1.807) is 36.4 Å². The lowest BCUT2D eigenvalue weighted by Gasteiger charge is -2.10. The van der Waals surface area contributed by atoms with Crippen molar-refractivity contribution in [1.82, 2.24) is 5.32 Å². The van der Waals surface area contributed by atoms with Crippen molar-refractivity contribution in [2.45, 2.75) is 6.54 Å². The van der Waals surface area contributed by atoms with E-state index >= 15 is 0 Å². The molecule has 1 aromatic heterocycles. The first kappa shape index (κ1) is 14.4. The number of para-hydroxylation sites is 1. The van der Waals surface area contributed by atoms with Gasteiger partial charge in [-0.15, -0.1) is 0 Å². The van der Waals surface area contributed by atoms with Crippen molar-refractivity contribution < 1.29 is 19.2 Å². The van der Waals surface area contributed by atoms with Gasteiger partial charge in [0.25, 0.3) is 5.91 Å². The summed E-state index contributed by atoms with van der Waals surface area (Å²) in [5, 5.41) is 14.3. The van der Waals surface area contributed by atoms with Gasteiger partial charge in [0, 0.05) is 0 Å². The Morgan fingerprint density at radius 3 is 2.86 bits per heavy atom. The number of hydrogen-bond donors (Lipinski definition) is 3. The number of hydrogen-bond acceptors (Lipinski definition) is 5. The molecule has 0 spiro atoms. The van der Waals surface area contributed by atoms with E-state index in [-0.39, 0.29) is 24.9 Å². The van der Waals surface area contributed by atoms with Gasteiger partial charge in [0.2, 0.25) is 0 Å². The van der Waals surface area contributed by atoms with Crippen molar-refractivity contribution in [3.63, 3.8) is 0 Å². The van der Waals surface area contributed by atoms with Crippen LogP contribution < -0.4 is 15.8 Å². The Bertz CT molecular complexity index is 623. The van der Waals surface area contributed by atoms with Crippen molar-refractivity contribution in [2.75, 3.05) is 6.61 Å². The van der Waals surface area contributed by atoms with Gasteiger partial charge in [0.05, 0.1) is 18.4 Å². The zero-order chi connectivity index (χ0) is 15.1. The fourth-order valence-corrected chi connectivity index (χ4v) is 1.65. The number of carbonyl (C=O) groups is 1. The number of nitrogens with zero attached hydrogens (tertiary/aromatic N) is 1. The Morgan fingerprint density at radius 2 is 2.14 bits per heavy atom. The van der Waals surface area contributed by atoms with Gasteiger partial charge in [0.15, 0.2) is 12.4 Å². The lowest BCUT2D eigenvalue weighted by Crippen LogP contribution is -2.28. The molecule has 0 fully saturated rings. The maximum atomic E-state index is 11.7. The van der Waals surface area contributed by atoms with Crippen LogP contribution in [0, 0.1) is 0 Å². The Morgan fingerprint density at radius 1 is 1.33 bits per heavy atom. The maximum Gasteiger partial charge on any atom is 0.258 e. The summed E-state index contributed by atoms with van der Waals surface area (Å²) in [6.07, 6.45) is 1.53. The van der Waals surface area contributed by atoms with Crippen LogP contribution in [0.25, 0.3) is 0 Å². The largest absolute Gasteiger partial charge is 0.483 e. The predicted molar refractivity (Wildman–Crippen MR) is 75.0 cm³/mol. The van der Waals surface area contributed by atoms with Crippen molar-refractivity contribution in [1.29, 1.82) is 0 Å². The van der Waals surface area contributed by atoms with Gasteiger partial charge in [-0.2, -0.15) is 0 Å². The summed E-state index contributed by atoms with van der Waals surface area (Å²) in [4.78, 5) is 11.7. The van der Waals surface area contributed by atoms with Crippen LogP contribution in [-0.2, 0) is 11.3 Å². The van der Waals surface area contributed by atoms with Gasteiger partial charge in [0.1, 0.15) is 11.5 Å². The topological polar surface area (TPSA) is 110 Å². The normalized spacial score (nSPS) is 11.1. The Hall–Kier alpha value is -2.96. The van der Waals surface area contributed by atoms with E-state index < -0.39 is 0 Å². The van der Waals surface area contributed by atoms with E-state index in [4.69, 9.17) is 20.1 Å². The van der Waals surface area contributed by atoms with Crippen LogP contribution in [0.4, 0.5) is 0 Å². The van der Waals surface area contributed by atoms with Crippen LogP contribution in [0.15, 0.2) is 52.2 Å². The van der Waals surface area contributed by atoms with Crippen molar-refractivity contribution in [3.05, 3.63) is 54.0 Å². The summed E-state index contributed by atoms with van der Waals surface area (Å²) in [6.45, 7) is 0.105. The third-order valence-corrected chi connectivity index (χ3v) is 2.67. The highest BCUT2D eigenvalue weighted by molar-refractivity contribution is 5.99. The average molecular weight is 289 g/mol. The van der Waals surface area contributed by atoms with Gasteiger partial charge in [-0.1, -0.05) is 17.3 Å². The van der Waals surface area contributed by atoms with Crippen LogP contribution in [0.5, 0.6) is 5.75 Å².